The fraction of sp³-hybridized carbons (Fsp3) is 0.278. The maximum absolute atomic E-state index is 12.7. The van der Waals surface area contributed by atoms with Gasteiger partial charge in [-0.1, -0.05) is 23.7 Å². The molecule has 0 saturated carbocycles. The van der Waals surface area contributed by atoms with Crippen LogP contribution in [0.15, 0.2) is 42.5 Å². The molecule has 0 N–H and O–H groups in total. The van der Waals surface area contributed by atoms with Crippen molar-refractivity contribution < 1.29 is 9.59 Å². The van der Waals surface area contributed by atoms with Gasteiger partial charge in [-0.2, -0.15) is 0 Å². The Kier molecular flexibility index (Phi) is 4.53. The molecular formula is C18H18ClN3O2. The summed E-state index contributed by atoms with van der Waals surface area (Å²) in [6, 6.07) is 12.4. The summed E-state index contributed by atoms with van der Waals surface area (Å²) in [6.07, 6.45) is 0. The first kappa shape index (κ1) is 16.5. The highest BCUT2D eigenvalue weighted by Crippen LogP contribution is 2.24. The number of rotatable bonds is 2. The van der Waals surface area contributed by atoms with Crippen LogP contribution in [-0.4, -0.2) is 40.8 Å². The van der Waals surface area contributed by atoms with E-state index in [9.17, 15) is 9.59 Å². The first-order valence-corrected chi connectivity index (χ1v) is 8.14. The summed E-state index contributed by atoms with van der Waals surface area (Å²) in [6.45, 7) is 4.22. The molecule has 5 nitrogen and oxygen atoms in total. The highest BCUT2D eigenvalue weighted by atomic mass is 35.5. The quantitative estimate of drug-likeness (QED) is 0.842. The van der Waals surface area contributed by atoms with Gasteiger partial charge in [0.15, 0.2) is 0 Å². The predicted molar refractivity (Wildman–Crippen MR) is 93.3 cm³/mol. The van der Waals surface area contributed by atoms with Gasteiger partial charge in [-0.15, -0.1) is 0 Å². The number of hydrogen-bond donors (Lipinski definition) is 0. The number of benzene rings is 1. The number of carbonyl (C=O) groups excluding carboxylic acids is 2. The smallest absolute Gasteiger partial charge is 0.273 e. The first-order valence-electron chi connectivity index (χ1n) is 7.76. The standard InChI is InChI=1S/C18H18ClN3O2/c1-12-5-3-8-16(20-12)18(24)21-11-17(23)22(10-13(21)2)15-7-4-6-14(19)9-15/h3-9,13H,10-11H2,1-2H3. The minimum Gasteiger partial charge on any atom is -0.323 e. The highest BCUT2D eigenvalue weighted by molar-refractivity contribution is 6.30. The second kappa shape index (κ2) is 6.61. The lowest BCUT2D eigenvalue weighted by molar-refractivity contribution is -0.121. The van der Waals surface area contributed by atoms with Crippen LogP contribution in [-0.2, 0) is 4.79 Å². The molecule has 1 atom stereocenters. The summed E-state index contributed by atoms with van der Waals surface area (Å²) < 4.78 is 0. The van der Waals surface area contributed by atoms with Crippen LogP contribution in [0.2, 0.25) is 5.02 Å². The topological polar surface area (TPSA) is 53.5 Å². The van der Waals surface area contributed by atoms with E-state index in [2.05, 4.69) is 4.98 Å². The fourth-order valence-electron chi connectivity index (χ4n) is 2.83. The van der Waals surface area contributed by atoms with Crippen LogP contribution in [0.1, 0.15) is 23.1 Å². The number of carbonyl (C=O) groups is 2. The molecule has 0 aliphatic carbocycles. The van der Waals surface area contributed by atoms with E-state index in [1.165, 1.54) is 0 Å². The van der Waals surface area contributed by atoms with Crippen molar-refractivity contribution in [2.24, 2.45) is 0 Å². The van der Waals surface area contributed by atoms with Crippen molar-refractivity contribution in [3.8, 4) is 0 Å². The van der Waals surface area contributed by atoms with Gasteiger partial charge in [-0.25, -0.2) is 4.98 Å². The third-order valence-corrected chi connectivity index (χ3v) is 4.31. The molecule has 1 aromatic carbocycles. The van der Waals surface area contributed by atoms with E-state index in [0.29, 0.717) is 17.3 Å². The van der Waals surface area contributed by atoms with Crippen LogP contribution in [0, 0.1) is 6.92 Å². The predicted octanol–water partition coefficient (Wildman–Crippen LogP) is 2.92. The lowest BCUT2D eigenvalue weighted by atomic mass is 10.1. The van der Waals surface area contributed by atoms with Gasteiger partial charge in [-0.3, -0.25) is 9.59 Å². The van der Waals surface area contributed by atoms with E-state index in [1.807, 2.05) is 32.0 Å². The number of aryl methyl sites for hydroxylation is 1. The number of halogens is 1. The molecule has 124 valence electrons. The molecule has 2 aromatic rings. The Morgan fingerprint density at radius 3 is 2.71 bits per heavy atom. The van der Waals surface area contributed by atoms with Crippen molar-refractivity contribution in [1.29, 1.82) is 0 Å². The number of nitrogens with zero attached hydrogens (tertiary/aromatic N) is 3. The molecule has 1 aliphatic rings. The molecule has 2 heterocycles. The van der Waals surface area contributed by atoms with Gasteiger partial charge < -0.3 is 9.80 Å². The normalized spacial score (nSPS) is 18.0. The van der Waals surface area contributed by atoms with E-state index in [-0.39, 0.29) is 24.4 Å². The molecule has 0 bridgehead atoms. The van der Waals surface area contributed by atoms with Crippen LogP contribution in [0.4, 0.5) is 5.69 Å². The van der Waals surface area contributed by atoms with Crippen molar-refractivity contribution in [3.63, 3.8) is 0 Å². The van der Waals surface area contributed by atoms with Gasteiger partial charge in [0.1, 0.15) is 12.2 Å². The lowest BCUT2D eigenvalue weighted by Gasteiger charge is -2.39. The van der Waals surface area contributed by atoms with Crippen molar-refractivity contribution in [2.75, 3.05) is 18.0 Å². The number of hydrogen-bond acceptors (Lipinski definition) is 3. The van der Waals surface area contributed by atoms with Crippen LogP contribution >= 0.6 is 11.6 Å². The van der Waals surface area contributed by atoms with Gasteiger partial charge in [0.05, 0.1) is 0 Å². The Bertz CT molecular complexity index is 793. The Labute approximate surface area is 145 Å². The van der Waals surface area contributed by atoms with Crippen molar-refractivity contribution in [1.82, 2.24) is 9.88 Å². The second-order valence-corrected chi connectivity index (χ2v) is 6.37. The molecule has 3 rings (SSSR count). The Morgan fingerprint density at radius 1 is 1.25 bits per heavy atom. The Balaban J connectivity index is 1.80. The van der Waals surface area contributed by atoms with E-state index >= 15 is 0 Å². The summed E-state index contributed by atoms with van der Waals surface area (Å²) >= 11 is 6.01. The van der Waals surface area contributed by atoms with Crippen molar-refractivity contribution >= 4 is 29.1 Å². The number of aromatic nitrogens is 1. The maximum atomic E-state index is 12.7. The largest absolute Gasteiger partial charge is 0.323 e. The third-order valence-electron chi connectivity index (χ3n) is 4.07. The van der Waals surface area contributed by atoms with Gasteiger partial charge in [0.25, 0.3) is 5.91 Å². The lowest BCUT2D eigenvalue weighted by Crippen LogP contribution is -2.57. The molecular weight excluding hydrogens is 326 g/mol. The zero-order chi connectivity index (χ0) is 17.3. The number of pyridine rings is 1. The average Bonchev–Trinajstić information content (AvgIpc) is 2.56. The molecule has 1 aliphatic heterocycles. The number of amides is 2. The molecule has 2 amide bonds. The molecule has 0 radical (unpaired) electrons. The molecule has 1 fully saturated rings. The highest BCUT2D eigenvalue weighted by Gasteiger charge is 2.34. The number of piperazine rings is 1. The minimum atomic E-state index is -0.217. The van der Waals surface area contributed by atoms with Crippen molar-refractivity contribution in [3.05, 3.63) is 58.9 Å². The van der Waals surface area contributed by atoms with Gasteiger partial charge in [0, 0.05) is 29.0 Å². The molecule has 0 spiro atoms. The number of anilines is 1. The second-order valence-electron chi connectivity index (χ2n) is 5.93. The van der Waals surface area contributed by atoms with E-state index in [0.717, 1.165) is 11.4 Å². The molecule has 1 aromatic heterocycles. The average molecular weight is 344 g/mol. The summed E-state index contributed by atoms with van der Waals surface area (Å²) in [5, 5.41) is 0.579. The van der Waals surface area contributed by atoms with Gasteiger partial charge >= 0.3 is 0 Å². The molecule has 24 heavy (non-hydrogen) atoms. The fourth-order valence-corrected chi connectivity index (χ4v) is 3.01. The van der Waals surface area contributed by atoms with E-state index < -0.39 is 0 Å². The van der Waals surface area contributed by atoms with E-state index in [4.69, 9.17) is 11.6 Å². The minimum absolute atomic E-state index is 0.0299. The molecule has 6 heteroatoms. The summed E-state index contributed by atoms with van der Waals surface area (Å²) in [5.74, 6) is -0.346. The van der Waals surface area contributed by atoms with Gasteiger partial charge in [-0.05, 0) is 44.2 Å². The van der Waals surface area contributed by atoms with Crippen molar-refractivity contribution in [2.45, 2.75) is 19.9 Å². The van der Waals surface area contributed by atoms with Gasteiger partial charge in [0.2, 0.25) is 5.91 Å². The first-order chi connectivity index (χ1) is 11.5. The third kappa shape index (κ3) is 3.26. The zero-order valence-electron chi connectivity index (χ0n) is 13.6. The molecule has 1 saturated heterocycles. The zero-order valence-corrected chi connectivity index (χ0v) is 14.3. The maximum Gasteiger partial charge on any atom is 0.273 e. The van der Waals surface area contributed by atoms with Crippen LogP contribution in [0.5, 0.6) is 0 Å². The summed E-state index contributed by atoms with van der Waals surface area (Å²) in [7, 11) is 0. The Hall–Kier alpha value is -2.40. The van der Waals surface area contributed by atoms with E-state index in [1.54, 1.807) is 34.1 Å². The summed E-state index contributed by atoms with van der Waals surface area (Å²) in [5.41, 5.74) is 1.89. The molecule has 1 unspecified atom stereocenters. The SMILES string of the molecule is Cc1cccc(C(=O)N2CC(=O)N(c3cccc(Cl)c3)CC2C)n1. The van der Waals surface area contributed by atoms with Crippen LogP contribution in [0.3, 0.4) is 0 Å². The van der Waals surface area contributed by atoms with Crippen LogP contribution < -0.4 is 4.90 Å². The summed E-state index contributed by atoms with van der Waals surface area (Å²) in [4.78, 5) is 32.7. The Morgan fingerprint density at radius 2 is 2.00 bits per heavy atom. The monoisotopic (exact) mass is 343 g/mol. The van der Waals surface area contributed by atoms with Crippen LogP contribution in [0.25, 0.3) is 0 Å².